The highest BCUT2D eigenvalue weighted by molar-refractivity contribution is 6.29. The lowest BCUT2D eigenvalue weighted by Gasteiger charge is -2.01. The Kier molecular flexibility index (Phi) is 2.32. The number of nitrogens with one attached hydrogen (secondary N) is 2. The normalized spacial score (nSPS) is 10.4. The monoisotopic (exact) mass is 209 g/mol. The molecule has 0 atom stereocenters. The highest BCUT2D eigenvalue weighted by Gasteiger charge is 2.06. The van der Waals surface area contributed by atoms with Crippen LogP contribution in [0.4, 0.5) is 5.82 Å². The van der Waals surface area contributed by atoms with Crippen LogP contribution in [0, 0.1) is 0 Å². The molecule has 5 nitrogen and oxygen atoms in total. The van der Waals surface area contributed by atoms with Gasteiger partial charge in [0.15, 0.2) is 11.5 Å². The third-order valence-corrected chi connectivity index (χ3v) is 1.85. The minimum absolute atomic E-state index is 0.308. The largest absolute Gasteiger partial charge is 0.365 e. The molecule has 0 aliphatic carbocycles. The molecule has 72 valence electrons. The molecule has 0 aromatic carbocycles. The van der Waals surface area contributed by atoms with E-state index in [0.717, 1.165) is 0 Å². The first-order valence-corrected chi connectivity index (χ1v) is 4.40. The van der Waals surface area contributed by atoms with Crippen molar-refractivity contribution in [3.8, 4) is 0 Å². The van der Waals surface area contributed by atoms with Gasteiger partial charge in [0, 0.05) is 6.54 Å². The van der Waals surface area contributed by atoms with Crippen LogP contribution in [0.5, 0.6) is 0 Å². The van der Waals surface area contributed by atoms with Crippen LogP contribution in [0.3, 0.4) is 0 Å². The fourth-order valence-corrected chi connectivity index (χ4v) is 1.28. The average Bonchev–Trinajstić information content (AvgIpc) is 2.55. The minimum Gasteiger partial charge on any atom is -0.365 e. The van der Waals surface area contributed by atoms with Gasteiger partial charge in [-0.15, -0.1) is 6.58 Å². The molecule has 6 heteroatoms. The molecule has 0 saturated heterocycles. The predicted octanol–water partition coefficient (Wildman–Crippen LogP) is 1.60. The van der Waals surface area contributed by atoms with E-state index in [1.54, 1.807) is 6.08 Å². The summed E-state index contributed by atoms with van der Waals surface area (Å²) in [6.45, 7) is 4.23. The maximum atomic E-state index is 5.71. The molecule has 2 rings (SSSR count). The van der Waals surface area contributed by atoms with Gasteiger partial charge in [-0.2, -0.15) is 4.98 Å². The van der Waals surface area contributed by atoms with Crippen molar-refractivity contribution in [2.45, 2.75) is 0 Å². The first-order chi connectivity index (χ1) is 6.81. The highest BCUT2D eigenvalue weighted by atomic mass is 35.5. The Morgan fingerprint density at radius 1 is 1.57 bits per heavy atom. The SMILES string of the molecule is C=CCNc1ncnc2nc(Cl)[nH]c12. The van der Waals surface area contributed by atoms with Gasteiger partial charge < -0.3 is 10.3 Å². The molecule has 2 aromatic rings. The molecule has 0 radical (unpaired) electrons. The zero-order valence-electron chi connectivity index (χ0n) is 7.29. The van der Waals surface area contributed by atoms with E-state index in [0.29, 0.717) is 28.8 Å². The van der Waals surface area contributed by atoms with E-state index < -0.39 is 0 Å². The van der Waals surface area contributed by atoms with E-state index in [1.165, 1.54) is 6.33 Å². The summed E-state index contributed by atoms with van der Waals surface area (Å²) in [6.07, 6.45) is 3.18. The number of hydrogen-bond donors (Lipinski definition) is 2. The first-order valence-electron chi connectivity index (χ1n) is 4.02. The van der Waals surface area contributed by atoms with Crippen LogP contribution < -0.4 is 5.32 Å². The van der Waals surface area contributed by atoms with Gasteiger partial charge >= 0.3 is 0 Å². The molecule has 2 heterocycles. The van der Waals surface area contributed by atoms with Crippen LogP contribution in [0.25, 0.3) is 11.2 Å². The molecule has 0 fully saturated rings. The van der Waals surface area contributed by atoms with Crippen LogP contribution in [0.1, 0.15) is 0 Å². The van der Waals surface area contributed by atoms with Crippen LogP contribution in [-0.4, -0.2) is 26.5 Å². The standard InChI is InChI=1S/C8H8ClN5/c1-2-3-10-6-5-7(12-4-11-6)14-8(9)13-5/h2,4H,1,3H2,(H2,10,11,12,13,14). The lowest BCUT2D eigenvalue weighted by atomic mass is 10.5. The van der Waals surface area contributed by atoms with Gasteiger partial charge in [0.25, 0.3) is 0 Å². The number of fused-ring (bicyclic) bond motifs is 1. The van der Waals surface area contributed by atoms with E-state index in [9.17, 15) is 0 Å². The van der Waals surface area contributed by atoms with Crippen molar-refractivity contribution >= 4 is 28.6 Å². The molecule has 2 aromatic heterocycles. The Balaban J connectivity index is 2.47. The fraction of sp³-hybridized carbons (Fsp3) is 0.125. The zero-order valence-corrected chi connectivity index (χ0v) is 8.04. The van der Waals surface area contributed by atoms with Gasteiger partial charge in [0.2, 0.25) is 5.28 Å². The number of imidazole rings is 1. The molecule has 0 amide bonds. The van der Waals surface area contributed by atoms with Gasteiger partial charge in [-0.1, -0.05) is 6.08 Å². The summed E-state index contributed by atoms with van der Waals surface area (Å²) >= 11 is 5.71. The maximum absolute atomic E-state index is 5.71. The van der Waals surface area contributed by atoms with Crippen LogP contribution in [-0.2, 0) is 0 Å². The molecular weight excluding hydrogens is 202 g/mol. The second kappa shape index (κ2) is 3.63. The van der Waals surface area contributed by atoms with E-state index in [-0.39, 0.29) is 0 Å². The van der Waals surface area contributed by atoms with Crippen molar-refractivity contribution in [2.24, 2.45) is 0 Å². The third-order valence-electron chi connectivity index (χ3n) is 1.67. The Morgan fingerprint density at radius 2 is 2.43 bits per heavy atom. The summed E-state index contributed by atoms with van der Waals surface area (Å²) in [5.74, 6) is 0.675. The fourth-order valence-electron chi connectivity index (χ4n) is 1.10. The number of nitrogens with zero attached hydrogens (tertiary/aromatic N) is 3. The van der Waals surface area contributed by atoms with Gasteiger partial charge in [0.05, 0.1) is 0 Å². The van der Waals surface area contributed by atoms with Gasteiger partial charge in [-0.25, -0.2) is 9.97 Å². The summed E-state index contributed by atoms with van der Waals surface area (Å²) in [5.41, 5.74) is 1.26. The topological polar surface area (TPSA) is 66.5 Å². The van der Waals surface area contributed by atoms with E-state index in [2.05, 4.69) is 31.8 Å². The van der Waals surface area contributed by atoms with E-state index in [4.69, 9.17) is 11.6 Å². The van der Waals surface area contributed by atoms with E-state index >= 15 is 0 Å². The van der Waals surface area contributed by atoms with Crippen molar-refractivity contribution in [2.75, 3.05) is 11.9 Å². The highest BCUT2D eigenvalue weighted by Crippen LogP contribution is 2.17. The molecule has 0 unspecified atom stereocenters. The molecule has 0 aliphatic heterocycles. The summed E-state index contributed by atoms with van der Waals surface area (Å²) in [5, 5.41) is 3.36. The molecular formula is C8H8ClN5. The molecule has 0 aliphatic rings. The van der Waals surface area contributed by atoms with Crippen LogP contribution in [0.15, 0.2) is 19.0 Å². The lowest BCUT2D eigenvalue weighted by molar-refractivity contribution is 1.17. The second-order valence-electron chi connectivity index (χ2n) is 2.62. The van der Waals surface area contributed by atoms with Crippen molar-refractivity contribution in [1.82, 2.24) is 19.9 Å². The average molecular weight is 210 g/mol. The molecule has 0 bridgehead atoms. The van der Waals surface area contributed by atoms with Crippen LogP contribution in [0.2, 0.25) is 5.28 Å². The Morgan fingerprint density at radius 3 is 3.21 bits per heavy atom. The number of H-pyrrole nitrogens is 1. The number of aromatic amines is 1. The van der Waals surface area contributed by atoms with Gasteiger partial charge in [0.1, 0.15) is 11.8 Å². The van der Waals surface area contributed by atoms with Gasteiger partial charge in [-0.3, -0.25) is 0 Å². The van der Waals surface area contributed by atoms with Crippen molar-refractivity contribution in [1.29, 1.82) is 0 Å². The molecule has 0 spiro atoms. The number of anilines is 1. The maximum Gasteiger partial charge on any atom is 0.202 e. The summed E-state index contributed by atoms with van der Waals surface area (Å²) < 4.78 is 0. The smallest absolute Gasteiger partial charge is 0.202 e. The zero-order chi connectivity index (χ0) is 9.97. The van der Waals surface area contributed by atoms with Crippen molar-refractivity contribution in [3.05, 3.63) is 24.3 Å². The molecule has 14 heavy (non-hydrogen) atoms. The molecule has 0 saturated carbocycles. The predicted molar refractivity (Wildman–Crippen MR) is 55.4 cm³/mol. The minimum atomic E-state index is 0.308. The van der Waals surface area contributed by atoms with E-state index in [1.807, 2.05) is 0 Å². The number of aromatic nitrogens is 4. The summed E-state index contributed by atoms with van der Waals surface area (Å²) in [6, 6.07) is 0. The quantitative estimate of drug-likeness (QED) is 0.595. The number of halogens is 1. The summed E-state index contributed by atoms with van der Waals surface area (Å²) in [4.78, 5) is 14.9. The van der Waals surface area contributed by atoms with Crippen LogP contribution >= 0.6 is 11.6 Å². The Hall–Kier alpha value is -1.62. The summed E-state index contributed by atoms with van der Waals surface area (Å²) in [7, 11) is 0. The second-order valence-corrected chi connectivity index (χ2v) is 2.98. The first kappa shape index (κ1) is 8.96. The van der Waals surface area contributed by atoms with Crippen molar-refractivity contribution < 1.29 is 0 Å². The third kappa shape index (κ3) is 1.54. The van der Waals surface area contributed by atoms with Crippen molar-refractivity contribution in [3.63, 3.8) is 0 Å². The van der Waals surface area contributed by atoms with Gasteiger partial charge in [-0.05, 0) is 11.6 Å². The Bertz CT molecular complexity index is 464. The lowest BCUT2D eigenvalue weighted by Crippen LogP contribution is -2.01. The Labute approximate surface area is 85.2 Å². The number of hydrogen-bond acceptors (Lipinski definition) is 4. The molecule has 2 N–H and O–H groups in total. The number of rotatable bonds is 3.